The molecular formula is C26H15Br2N3O2. The van der Waals surface area contributed by atoms with E-state index in [2.05, 4.69) is 42.9 Å². The van der Waals surface area contributed by atoms with E-state index in [0.717, 1.165) is 42.1 Å². The maximum atomic E-state index is 13.8. The molecule has 0 fully saturated rings. The van der Waals surface area contributed by atoms with Gasteiger partial charge in [-0.3, -0.25) is 4.79 Å². The molecule has 5 nitrogen and oxygen atoms in total. The summed E-state index contributed by atoms with van der Waals surface area (Å²) in [5, 5.41) is 11.1. The van der Waals surface area contributed by atoms with Crippen molar-refractivity contribution in [3.63, 3.8) is 0 Å². The highest BCUT2D eigenvalue weighted by molar-refractivity contribution is 9.10. The fourth-order valence-corrected chi connectivity index (χ4v) is 5.97. The van der Waals surface area contributed by atoms with Crippen molar-refractivity contribution >= 4 is 42.8 Å². The number of nitrogens with one attached hydrogen (secondary N) is 1. The van der Waals surface area contributed by atoms with Gasteiger partial charge in [0, 0.05) is 14.3 Å². The van der Waals surface area contributed by atoms with Gasteiger partial charge >= 0.3 is 0 Å². The first-order valence-corrected chi connectivity index (χ1v) is 11.8. The minimum atomic E-state index is -1.21. The molecule has 2 aliphatic rings. The predicted octanol–water partition coefficient (Wildman–Crippen LogP) is 5.76. The monoisotopic (exact) mass is 559 g/mol. The van der Waals surface area contributed by atoms with Gasteiger partial charge in [-0.1, -0.05) is 50.1 Å². The number of ether oxygens (including phenoxy) is 1. The Morgan fingerprint density at radius 2 is 1.64 bits per heavy atom. The van der Waals surface area contributed by atoms with E-state index in [1.54, 1.807) is 0 Å². The third-order valence-corrected chi connectivity index (χ3v) is 7.49. The van der Waals surface area contributed by atoms with Crippen LogP contribution >= 0.6 is 31.9 Å². The quantitative estimate of drug-likeness (QED) is 0.286. The number of aryl methyl sites for hydroxylation is 1. The molecule has 0 radical (unpaired) electrons. The highest BCUT2D eigenvalue weighted by atomic mass is 79.9. The number of rotatable bonds is 0. The van der Waals surface area contributed by atoms with Gasteiger partial charge in [0.05, 0.1) is 16.5 Å². The number of H-pyrrole nitrogens is 1. The van der Waals surface area contributed by atoms with E-state index in [9.17, 15) is 10.1 Å². The van der Waals surface area contributed by atoms with Gasteiger partial charge in [-0.25, -0.2) is 0 Å². The Morgan fingerprint density at radius 1 is 1.00 bits per heavy atom. The Balaban J connectivity index is 1.90. The van der Waals surface area contributed by atoms with Gasteiger partial charge in [-0.05, 0) is 71.1 Å². The first kappa shape index (κ1) is 20.3. The van der Waals surface area contributed by atoms with Crippen LogP contribution in [0.4, 0.5) is 0 Å². The van der Waals surface area contributed by atoms with Crippen molar-refractivity contribution in [3.05, 3.63) is 108 Å². The second kappa shape index (κ2) is 6.83. The molecule has 0 saturated heterocycles. The summed E-state index contributed by atoms with van der Waals surface area (Å²) in [5.74, 6) is 0.375. The summed E-state index contributed by atoms with van der Waals surface area (Å²) in [6.45, 7) is 1.96. The molecule has 0 unspecified atom stereocenters. The van der Waals surface area contributed by atoms with E-state index in [1.807, 2.05) is 61.5 Å². The molecule has 1 aromatic heterocycles. The molecule has 0 atom stereocenters. The Morgan fingerprint density at radius 3 is 2.24 bits per heavy atom. The Labute approximate surface area is 205 Å². The summed E-state index contributed by atoms with van der Waals surface area (Å²) < 4.78 is 7.71. The smallest absolute Gasteiger partial charge is 0.257 e. The standard InChI is InChI=1S/C26H15Br2N3O2/c1-12-2-5-17-21(8-12)31-25(32)22-23(17)33-24(30)20(11-29)26(22)18-9-13(27)3-6-15(18)16-7-4-14(28)10-19(16)26/h2-10H,30H2,1H3,(H,31,32). The molecule has 0 bridgehead atoms. The van der Waals surface area contributed by atoms with Crippen molar-refractivity contribution in [1.29, 1.82) is 5.26 Å². The van der Waals surface area contributed by atoms with E-state index < -0.39 is 5.41 Å². The number of allylic oxidation sites excluding steroid dienone is 1. The molecule has 33 heavy (non-hydrogen) atoms. The number of aromatic nitrogens is 1. The molecule has 0 amide bonds. The Kier molecular flexibility index (Phi) is 4.20. The van der Waals surface area contributed by atoms with Crippen molar-refractivity contribution in [3.8, 4) is 22.9 Å². The molecule has 1 aliphatic carbocycles. The molecule has 4 aromatic rings. The van der Waals surface area contributed by atoms with Gasteiger partial charge in [0.25, 0.3) is 5.56 Å². The molecule has 1 spiro atoms. The van der Waals surface area contributed by atoms with Crippen molar-refractivity contribution in [2.24, 2.45) is 5.73 Å². The number of nitrogens with zero attached hydrogens (tertiary/aromatic N) is 1. The lowest BCUT2D eigenvalue weighted by Gasteiger charge is -2.37. The van der Waals surface area contributed by atoms with Gasteiger partial charge < -0.3 is 15.5 Å². The zero-order valence-corrected chi connectivity index (χ0v) is 20.5. The van der Waals surface area contributed by atoms with Crippen molar-refractivity contribution in [2.45, 2.75) is 12.3 Å². The highest BCUT2D eigenvalue weighted by Crippen LogP contribution is 2.60. The molecule has 160 valence electrons. The second-order valence-corrected chi connectivity index (χ2v) is 10.1. The summed E-state index contributed by atoms with van der Waals surface area (Å²) in [6.07, 6.45) is 0. The SMILES string of the molecule is Cc1ccc2c3c(c(=O)[nH]c2c1)C1(C(C#N)=C(N)O3)c2cc(Br)ccc2-c2ccc(Br)cc21. The molecule has 7 heteroatoms. The average Bonchev–Trinajstić information content (AvgIpc) is 3.03. The first-order valence-electron chi connectivity index (χ1n) is 10.2. The van der Waals surface area contributed by atoms with Crippen LogP contribution in [0.2, 0.25) is 0 Å². The minimum absolute atomic E-state index is 0.00349. The van der Waals surface area contributed by atoms with Crippen LogP contribution in [0.15, 0.2) is 79.8 Å². The topological polar surface area (TPSA) is 91.9 Å². The molecule has 3 N–H and O–H groups in total. The van der Waals surface area contributed by atoms with E-state index in [-0.39, 0.29) is 17.0 Å². The van der Waals surface area contributed by atoms with E-state index >= 15 is 0 Å². The van der Waals surface area contributed by atoms with Crippen LogP contribution in [0.25, 0.3) is 22.0 Å². The summed E-state index contributed by atoms with van der Waals surface area (Å²) in [6, 6.07) is 19.9. The van der Waals surface area contributed by atoms with Crippen LogP contribution in [-0.2, 0) is 5.41 Å². The van der Waals surface area contributed by atoms with Crippen LogP contribution in [0.5, 0.6) is 5.75 Å². The molecule has 3 aromatic carbocycles. The third kappa shape index (κ3) is 2.53. The Bertz CT molecular complexity index is 1630. The van der Waals surface area contributed by atoms with Crippen LogP contribution in [0, 0.1) is 18.3 Å². The van der Waals surface area contributed by atoms with Crippen molar-refractivity contribution in [2.75, 3.05) is 0 Å². The first-order chi connectivity index (χ1) is 15.9. The number of nitriles is 1. The van der Waals surface area contributed by atoms with Crippen molar-refractivity contribution in [1.82, 2.24) is 4.98 Å². The van der Waals surface area contributed by atoms with Gasteiger partial charge in [0.15, 0.2) is 0 Å². The maximum absolute atomic E-state index is 13.8. The van der Waals surface area contributed by atoms with E-state index in [0.29, 0.717) is 16.8 Å². The summed E-state index contributed by atoms with van der Waals surface area (Å²) in [4.78, 5) is 16.8. The maximum Gasteiger partial charge on any atom is 0.257 e. The van der Waals surface area contributed by atoms with Gasteiger partial charge in [0.1, 0.15) is 17.4 Å². The predicted molar refractivity (Wildman–Crippen MR) is 134 cm³/mol. The van der Waals surface area contributed by atoms with Gasteiger partial charge in [0.2, 0.25) is 5.88 Å². The number of nitrogens with two attached hydrogens (primary N) is 1. The largest absolute Gasteiger partial charge is 0.439 e. The molecular weight excluding hydrogens is 546 g/mol. The summed E-state index contributed by atoms with van der Waals surface area (Å²) >= 11 is 7.16. The average molecular weight is 561 g/mol. The lowest BCUT2D eigenvalue weighted by atomic mass is 9.66. The van der Waals surface area contributed by atoms with Gasteiger partial charge in [-0.2, -0.15) is 5.26 Å². The number of pyridine rings is 1. The number of hydrogen-bond acceptors (Lipinski definition) is 4. The van der Waals surface area contributed by atoms with Crippen LogP contribution in [-0.4, -0.2) is 4.98 Å². The number of fused-ring (bicyclic) bond motifs is 9. The minimum Gasteiger partial charge on any atom is -0.439 e. The van der Waals surface area contributed by atoms with Crippen LogP contribution < -0.4 is 16.0 Å². The molecule has 0 saturated carbocycles. The third-order valence-electron chi connectivity index (χ3n) is 6.50. The fourth-order valence-electron chi connectivity index (χ4n) is 5.25. The number of benzene rings is 3. The van der Waals surface area contributed by atoms with Crippen LogP contribution in [0.3, 0.4) is 0 Å². The fraction of sp³-hybridized carbons (Fsp3) is 0.0769. The molecule has 2 heterocycles. The Hall–Kier alpha value is -3.34. The molecule has 6 rings (SSSR count). The lowest BCUT2D eigenvalue weighted by molar-refractivity contribution is 0.384. The van der Waals surface area contributed by atoms with E-state index in [1.165, 1.54) is 0 Å². The second-order valence-electron chi connectivity index (χ2n) is 8.29. The number of hydrogen-bond donors (Lipinski definition) is 2. The normalized spacial score (nSPS) is 15.1. The number of aromatic amines is 1. The number of halogens is 2. The zero-order valence-electron chi connectivity index (χ0n) is 17.3. The highest BCUT2D eigenvalue weighted by Gasteiger charge is 2.55. The van der Waals surface area contributed by atoms with Gasteiger partial charge in [-0.15, -0.1) is 0 Å². The zero-order chi connectivity index (χ0) is 23.1. The molecule has 1 aliphatic heterocycles. The summed E-state index contributed by atoms with van der Waals surface area (Å²) in [5.41, 5.74) is 10.6. The lowest BCUT2D eigenvalue weighted by Crippen LogP contribution is -2.41. The van der Waals surface area contributed by atoms with Crippen LogP contribution in [0.1, 0.15) is 22.3 Å². The van der Waals surface area contributed by atoms with E-state index in [4.69, 9.17) is 10.5 Å². The summed E-state index contributed by atoms with van der Waals surface area (Å²) in [7, 11) is 0. The van der Waals surface area contributed by atoms with Crippen molar-refractivity contribution < 1.29 is 4.74 Å².